The average Bonchev–Trinajstić information content (AvgIpc) is 2.68. The molecule has 31 heavy (non-hydrogen) atoms. The predicted molar refractivity (Wildman–Crippen MR) is 113 cm³/mol. The first kappa shape index (κ1) is 24.0. The van der Waals surface area contributed by atoms with Gasteiger partial charge in [-0.15, -0.1) is 0 Å². The molecule has 0 aromatic heterocycles. The molecule has 1 aliphatic rings. The Kier molecular flexibility index (Phi) is 8.24. The Hall–Kier alpha value is -3.29. The second kappa shape index (κ2) is 10.7. The molecule has 0 radical (unpaired) electrons. The molecule has 0 aliphatic carbocycles. The van der Waals surface area contributed by atoms with Crippen molar-refractivity contribution in [1.29, 1.82) is 0 Å². The summed E-state index contributed by atoms with van der Waals surface area (Å²) in [7, 11) is 0. The standard InChI is InChI=1S/C23H29NO7/c1-7-28-18-12-16(10-11-17(18)31-15(6)25)21-19(22(26)29-8-2)13(4)24-14(5)20(21)23(27)30-9-3/h10-12,21,24H,7-9H2,1-6H3. The molecule has 1 aliphatic heterocycles. The quantitative estimate of drug-likeness (QED) is 0.494. The van der Waals surface area contributed by atoms with Crippen molar-refractivity contribution < 1.29 is 33.3 Å². The number of nitrogens with one attached hydrogen (secondary N) is 1. The number of esters is 3. The van der Waals surface area contributed by atoms with Gasteiger partial charge in [0.25, 0.3) is 0 Å². The van der Waals surface area contributed by atoms with Crippen LogP contribution in [-0.4, -0.2) is 37.7 Å². The highest BCUT2D eigenvalue weighted by molar-refractivity contribution is 6.00. The number of benzene rings is 1. The topological polar surface area (TPSA) is 100 Å². The number of carbonyl (C=O) groups excluding carboxylic acids is 3. The van der Waals surface area contributed by atoms with E-state index in [2.05, 4.69) is 5.32 Å². The molecule has 168 valence electrons. The highest BCUT2D eigenvalue weighted by Gasteiger charge is 2.38. The summed E-state index contributed by atoms with van der Waals surface area (Å²) in [6.07, 6.45) is 0. The normalized spacial score (nSPS) is 14.1. The molecule has 0 spiro atoms. The van der Waals surface area contributed by atoms with Gasteiger partial charge in [0.1, 0.15) is 0 Å². The SMILES string of the molecule is CCOC(=O)C1=C(C)NC(C)=C(C(=O)OCC)C1c1ccc(OC(C)=O)c(OCC)c1. The molecule has 0 unspecified atom stereocenters. The molecule has 0 atom stereocenters. The predicted octanol–water partition coefficient (Wildman–Crippen LogP) is 3.37. The lowest BCUT2D eigenvalue weighted by molar-refractivity contribution is -0.139. The fraction of sp³-hybridized carbons (Fsp3) is 0.435. The Balaban J connectivity index is 2.69. The Morgan fingerprint density at radius 2 is 1.42 bits per heavy atom. The average molecular weight is 431 g/mol. The molecule has 1 aromatic rings. The fourth-order valence-corrected chi connectivity index (χ4v) is 3.50. The smallest absolute Gasteiger partial charge is 0.336 e. The maximum Gasteiger partial charge on any atom is 0.336 e. The van der Waals surface area contributed by atoms with Gasteiger partial charge in [-0.2, -0.15) is 0 Å². The van der Waals surface area contributed by atoms with Crippen molar-refractivity contribution in [2.24, 2.45) is 0 Å². The summed E-state index contributed by atoms with van der Waals surface area (Å²) < 4.78 is 21.4. The molecule has 0 bridgehead atoms. The minimum atomic E-state index is -0.745. The van der Waals surface area contributed by atoms with Crippen molar-refractivity contribution in [3.05, 3.63) is 46.3 Å². The summed E-state index contributed by atoms with van der Waals surface area (Å²) >= 11 is 0. The monoisotopic (exact) mass is 431 g/mol. The van der Waals surface area contributed by atoms with Gasteiger partial charge in [-0.25, -0.2) is 9.59 Å². The summed E-state index contributed by atoms with van der Waals surface area (Å²) in [5.74, 6) is -1.71. The van der Waals surface area contributed by atoms with Gasteiger partial charge in [-0.05, 0) is 52.3 Å². The van der Waals surface area contributed by atoms with E-state index in [1.165, 1.54) is 6.92 Å². The van der Waals surface area contributed by atoms with Crippen LogP contribution >= 0.6 is 0 Å². The molecular formula is C23H29NO7. The molecule has 8 nitrogen and oxygen atoms in total. The maximum absolute atomic E-state index is 12.9. The molecule has 1 heterocycles. The number of ether oxygens (including phenoxy) is 4. The maximum atomic E-state index is 12.9. The number of carbonyl (C=O) groups is 3. The van der Waals surface area contributed by atoms with Crippen LogP contribution in [0.4, 0.5) is 0 Å². The van der Waals surface area contributed by atoms with E-state index in [0.29, 0.717) is 40.5 Å². The molecule has 1 N–H and O–H groups in total. The summed E-state index contributed by atoms with van der Waals surface area (Å²) in [6.45, 7) is 10.8. The van der Waals surface area contributed by atoms with Crippen LogP contribution in [0.2, 0.25) is 0 Å². The van der Waals surface area contributed by atoms with E-state index in [9.17, 15) is 14.4 Å². The van der Waals surface area contributed by atoms with Crippen molar-refractivity contribution in [3.63, 3.8) is 0 Å². The van der Waals surface area contributed by atoms with Gasteiger partial charge in [-0.1, -0.05) is 6.07 Å². The number of dihydropyridines is 1. The second-order valence-electron chi connectivity index (χ2n) is 6.81. The van der Waals surface area contributed by atoms with Crippen LogP contribution in [0.1, 0.15) is 53.0 Å². The lowest BCUT2D eigenvalue weighted by Crippen LogP contribution is -2.32. The van der Waals surface area contributed by atoms with Crippen LogP contribution in [0.25, 0.3) is 0 Å². The first-order chi connectivity index (χ1) is 14.7. The molecule has 1 aromatic carbocycles. The number of rotatable bonds is 8. The summed E-state index contributed by atoms with van der Waals surface area (Å²) in [6, 6.07) is 4.94. The Morgan fingerprint density at radius 1 is 0.871 bits per heavy atom. The molecule has 0 amide bonds. The van der Waals surface area contributed by atoms with Crippen LogP contribution < -0.4 is 14.8 Å². The summed E-state index contributed by atoms with van der Waals surface area (Å²) in [5, 5.41) is 3.09. The fourth-order valence-electron chi connectivity index (χ4n) is 3.50. The van der Waals surface area contributed by atoms with Crippen LogP contribution in [0.15, 0.2) is 40.7 Å². The van der Waals surface area contributed by atoms with Gasteiger partial charge < -0.3 is 24.3 Å². The van der Waals surface area contributed by atoms with Crippen LogP contribution in [-0.2, 0) is 23.9 Å². The zero-order chi connectivity index (χ0) is 23.1. The molecule has 0 saturated heterocycles. The summed E-state index contributed by atoms with van der Waals surface area (Å²) in [4.78, 5) is 37.2. The van der Waals surface area contributed by atoms with Crippen molar-refractivity contribution in [1.82, 2.24) is 5.32 Å². The number of hydrogen-bond acceptors (Lipinski definition) is 8. The van der Waals surface area contributed by atoms with Gasteiger partial charge in [-0.3, -0.25) is 4.79 Å². The Morgan fingerprint density at radius 3 is 1.87 bits per heavy atom. The molecule has 2 rings (SSSR count). The lowest BCUT2D eigenvalue weighted by Gasteiger charge is -2.30. The molecular weight excluding hydrogens is 402 g/mol. The number of hydrogen-bond donors (Lipinski definition) is 1. The Bertz CT molecular complexity index is 890. The second-order valence-corrected chi connectivity index (χ2v) is 6.81. The first-order valence-corrected chi connectivity index (χ1v) is 10.2. The van der Waals surface area contributed by atoms with E-state index in [4.69, 9.17) is 18.9 Å². The van der Waals surface area contributed by atoms with E-state index in [0.717, 1.165) is 0 Å². The minimum Gasteiger partial charge on any atom is -0.490 e. The van der Waals surface area contributed by atoms with Gasteiger partial charge in [0.15, 0.2) is 11.5 Å². The van der Waals surface area contributed by atoms with Gasteiger partial charge in [0.2, 0.25) is 0 Å². The highest BCUT2D eigenvalue weighted by Crippen LogP contribution is 2.42. The molecule has 0 fully saturated rings. The van der Waals surface area contributed by atoms with Crippen molar-refractivity contribution in [2.75, 3.05) is 19.8 Å². The summed E-state index contributed by atoms with van der Waals surface area (Å²) in [5.41, 5.74) is 2.37. The first-order valence-electron chi connectivity index (χ1n) is 10.2. The van der Waals surface area contributed by atoms with E-state index in [-0.39, 0.29) is 19.0 Å². The van der Waals surface area contributed by atoms with Crippen molar-refractivity contribution >= 4 is 17.9 Å². The van der Waals surface area contributed by atoms with Gasteiger partial charge >= 0.3 is 17.9 Å². The third-order valence-electron chi connectivity index (χ3n) is 4.61. The van der Waals surface area contributed by atoms with Crippen LogP contribution in [0.3, 0.4) is 0 Å². The van der Waals surface area contributed by atoms with Crippen LogP contribution in [0.5, 0.6) is 11.5 Å². The zero-order valence-corrected chi connectivity index (χ0v) is 18.8. The van der Waals surface area contributed by atoms with Crippen molar-refractivity contribution in [3.8, 4) is 11.5 Å². The van der Waals surface area contributed by atoms with E-state index in [1.807, 2.05) is 0 Å². The van der Waals surface area contributed by atoms with Gasteiger partial charge in [0.05, 0.1) is 36.9 Å². The highest BCUT2D eigenvalue weighted by atomic mass is 16.6. The lowest BCUT2D eigenvalue weighted by atomic mass is 9.80. The zero-order valence-electron chi connectivity index (χ0n) is 18.8. The largest absolute Gasteiger partial charge is 0.490 e. The van der Waals surface area contributed by atoms with Gasteiger partial charge in [0, 0.05) is 18.3 Å². The van der Waals surface area contributed by atoms with E-state index in [1.54, 1.807) is 52.8 Å². The number of allylic oxidation sites excluding steroid dienone is 2. The molecule has 8 heteroatoms. The van der Waals surface area contributed by atoms with Crippen molar-refractivity contribution in [2.45, 2.75) is 47.5 Å². The Labute approximate surface area is 182 Å². The van der Waals surface area contributed by atoms with E-state index < -0.39 is 23.8 Å². The van der Waals surface area contributed by atoms with Crippen LogP contribution in [0, 0.1) is 0 Å². The minimum absolute atomic E-state index is 0.190. The molecule has 0 saturated carbocycles. The third kappa shape index (κ3) is 5.45. The third-order valence-corrected chi connectivity index (χ3v) is 4.61. The van der Waals surface area contributed by atoms with E-state index >= 15 is 0 Å².